The molecule has 7 heteroatoms. The second-order valence-electron chi connectivity index (χ2n) is 18.9. The molecule has 4 aromatic carbocycles. The first-order valence-corrected chi connectivity index (χ1v) is 18.9. The number of anilines is 2. The van der Waals surface area contributed by atoms with Crippen LogP contribution in [0.25, 0.3) is 27.5 Å². The van der Waals surface area contributed by atoms with Crippen LogP contribution in [0, 0.1) is 35.5 Å². The topological polar surface area (TPSA) is 29.9 Å². The van der Waals surface area contributed by atoms with Gasteiger partial charge in [0.05, 0.1) is 33.5 Å². The number of hydrogen-bond donors (Lipinski definition) is 0. The van der Waals surface area contributed by atoms with E-state index in [1.54, 1.807) is 0 Å². The number of ether oxygens (including phenoxy) is 2. The average Bonchev–Trinajstić information content (AvgIpc) is 3.76. The maximum Gasteiger partial charge on any atom is 0.306 e. The van der Waals surface area contributed by atoms with E-state index in [-0.39, 0.29) is 35.4 Å². The van der Waals surface area contributed by atoms with E-state index in [1.807, 2.05) is 0 Å². The van der Waals surface area contributed by atoms with Crippen molar-refractivity contribution in [1.82, 2.24) is 9.40 Å². The van der Waals surface area contributed by atoms with Crippen LogP contribution in [0.5, 0.6) is 11.5 Å². The van der Waals surface area contributed by atoms with Crippen molar-refractivity contribution in [2.75, 3.05) is 5.01 Å². The van der Waals surface area contributed by atoms with Gasteiger partial charge < -0.3 is 14.0 Å². The summed E-state index contributed by atoms with van der Waals surface area (Å²) in [6.07, 6.45) is 2.11. The highest BCUT2D eigenvalue weighted by Gasteiger charge is 2.66. The van der Waals surface area contributed by atoms with E-state index in [2.05, 4.69) is 150 Å². The lowest BCUT2D eigenvalue weighted by Crippen LogP contribution is -2.61. The molecule has 5 heterocycles. The van der Waals surface area contributed by atoms with Crippen LogP contribution in [0.3, 0.4) is 0 Å². The molecule has 0 atom stereocenters. The van der Waals surface area contributed by atoms with Gasteiger partial charge >= 0.3 is 13.7 Å². The minimum Gasteiger partial charge on any atom is -0.462 e. The van der Waals surface area contributed by atoms with E-state index in [0.29, 0.717) is 0 Å². The van der Waals surface area contributed by atoms with E-state index < -0.39 is 0 Å². The van der Waals surface area contributed by atoms with Gasteiger partial charge in [-0.3, -0.25) is 9.84 Å². The van der Waals surface area contributed by atoms with Crippen LogP contribution in [0.4, 0.5) is 11.4 Å². The number of benzene rings is 4. The Morgan fingerprint density at radius 3 is 1.90 bits per heavy atom. The third-order valence-corrected chi connectivity index (χ3v) is 13.3. The Labute approximate surface area is 302 Å². The van der Waals surface area contributed by atoms with Crippen LogP contribution in [-0.2, 0) is 0 Å². The fourth-order valence-corrected chi connectivity index (χ4v) is 12.2. The molecule has 0 radical (unpaired) electrons. The van der Waals surface area contributed by atoms with Gasteiger partial charge in [-0.2, -0.15) is 0 Å². The number of hydrogen-bond acceptors (Lipinski definition) is 4. The summed E-state index contributed by atoms with van der Waals surface area (Å²) < 4.78 is 17.1. The summed E-state index contributed by atoms with van der Waals surface area (Å²) in [4.78, 5) is 2.77. The number of hydrazine groups is 1. The second kappa shape index (κ2) is 8.98. The van der Waals surface area contributed by atoms with Gasteiger partial charge in [0.25, 0.3) is 0 Å². The Morgan fingerprint density at radius 2 is 1.22 bits per heavy atom. The van der Waals surface area contributed by atoms with Gasteiger partial charge in [0.1, 0.15) is 23.0 Å². The van der Waals surface area contributed by atoms with Crippen LogP contribution in [0.1, 0.15) is 79.4 Å². The highest BCUT2D eigenvalue weighted by atomic mass is 16.5. The first-order chi connectivity index (χ1) is 24.1. The minimum absolute atomic E-state index is 0.0192. The van der Waals surface area contributed by atoms with Crippen molar-refractivity contribution in [2.45, 2.75) is 82.1 Å². The van der Waals surface area contributed by atoms with Gasteiger partial charge in [0.2, 0.25) is 0 Å². The number of nitrogens with zero attached hydrogens (tertiary/aromatic N) is 3. The first kappa shape index (κ1) is 30.3. The van der Waals surface area contributed by atoms with Crippen molar-refractivity contribution >= 4 is 57.8 Å². The molecule has 1 aromatic heterocycles. The molecule has 0 bridgehead atoms. The van der Waals surface area contributed by atoms with Crippen molar-refractivity contribution in [3.63, 3.8) is 0 Å². The lowest BCUT2D eigenvalue weighted by molar-refractivity contribution is 0.253. The molecule has 0 fully saturated rings. The Bertz CT molecular complexity index is 2530. The van der Waals surface area contributed by atoms with Gasteiger partial charge in [-0.05, 0) is 83.9 Å². The number of fused-ring (bicyclic) bond motifs is 11. The lowest BCUT2D eigenvalue weighted by atomic mass is 9.34. The van der Waals surface area contributed by atoms with Crippen molar-refractivity contribution in [3.05, 3.63) is 100 Å². The molecular weight excluding hydrogens is 624 g/mol. The fourth-order valence-electron chi connectivity index (χ4n) is 12.2. The van der Waals surface area contributed by atoms with E-state index in [9.17, 15) is 0 Å². The first-order valence-electron chi connectivity index (χ1n) is 18.9. The summed E-state index contributed by atoms with van der Waals surface area (Å²) in [5.41, 5.74) is 13.9. The van der Waals surface area contributed by atoms with Crippen molar-refractivity contribution < 1.29 is 9.47 Å². The Balaban J connectivity index is 1.30. The SMILES string of the molecule is Cc1cccc(C)c1-n1c2ccccc2c2c3c4c(cc21)N1c2cccc5c2B(C2=C(O5)C(C)(C)CC2(C)C)N1B4C1=C(O3)C(C)(C)CC1(C)C. The smallest absolute Gasteiger partial charge is 0.306 e. The predicted molar refractivity (Wildman–Crippen MR) is 211 cm³/mol. The van der Waals surface area contributed by atoms with Crippen LogP contribution in [0.15, 0.2) is 89.2 Å². The molecular formula is C44H45B2N3O2. The summed E-state index contributed by atoms with van der Waals surface area (Å²) in [6, 6.07) is 24.8. The monoisotopic (exact) mass is 669 g/mol. The molecule has 254 valence electrons. The molecule has 0 saturated heterocycles. The van der Waals surface area contributed by atoms with Gasteiger partial charge in [-0.1, -0.05) is 97.9 Å². The Morgan fingerprint density at radius 1 is 0.608 bits per heavy atom. The molecule has 0 spiro atoms. The third-order valence-electron chi connectivity index (χ3n) is 13.3. The number of rotatable bonds is 1. The van der Waals surface area contributed by atoms with Crippen LogP contribution in [-0.4, -0.2) is 23.1 Å². The van der Waals surface area contributed by atoms with E-state index in [1.165, 1.54) is 77.6 Å². The number of aromatic nitrogens is 1. The zero-order chi connectivity index (χ0) is 35.3. The van der Waals surface area contributed by atoms with E-state index in [4.69, 9.17) is 9.47 Å². The molecule has 0 N–H and O–H groups in total. The fraction of sp³-hybridized carbons (Fsp3) is 0.364. The van der Waals surface area contributed by atoms with Crippen molar-refractivity contribution in [3.8, 4) is 17.2 Å². The summed E-state index contributed by atoms with van der Waals surface area (Å²) in [5, 5.41) is 5.04. The predicted octanol–water partition coefficient (Wildman–Crippen LogP) is 9.46. The van der Waals surface area contributed by atoms with Gasteiger partial charge in [-0.15, -0.1) is 0 Å². The summed E-state index contributed by atoms with van der Waals surface area (Å²) in [5.74, 6) is 4.39. The van der Waals surface area contributed by atoms with Crippen LogP contribution in [0.2, 0.25) is 0 Å². The van der Waals surface area contributed by atoms with E-state index in [0.717, 1.165) is 30.1 Å². The molecule has 0 amide bonds. The minimum atomic E-state index is -0.107. The zero-order valence-electron chi connectivity index (χ0n) is 31.6. The highest BCUT2D eigenvalue weighted by Crippen LogP contribution is 2.63. The maximum absolute atomic E-state index is 7.53. The molecule has 4 aliphatic heterocycles. The van der Waals surface area contributed by atoms with Crippen LogP contribution >= 0.6 is 0 Å². The van der Waals surface area contributed by atoms with E-state index >= 15 is 0 Å². The van der Waals surface area contributed by atoms with Crippen molar-refractivity contribution in [1.29, 1.82) is 0 Å². The molecule has 0 unspecified atom stereocenters. The largest absolute Gasteiger partial charge is 0.462 e. The Hall–Kier alpha value is -4.35. The van der Waals surface area contributed by atoms with Crippen molar-refractivity contribution in [2.24, 2.45) is 21.7 Å². The number of allylic oxidation sites excluding steroid dienone is 4. The highest BCUT2D eigenvalue weighted by molar-refractivity contribution is 6.97. The summed E-state index contributed by atoms with van der Waals surface area (Å²) in [6.45, 7) is 23.9. The van der Waals surface area contributed by atoms with Gasteiger partial charge in [0.15, 0.2) is 0 Å². The molecule has 6 aliphatic rings. The maximum atomic E-state index is 7.53. The lowest BCUT2D eigenvalue weighted by Gasteiger charge is -2.39. The number of aryl methyl sites for hydroxylation is 2. The molecule has 5 aromatic rings. The van der Waals surface area contributed by atoms with Gasteiger partial charge in [0, 0.05) is 27.1 Å². The quantitative estimate of drug-likeness (QED) is 0.167. The molecule has 2 aliphatic carbocycles. The van der Waals surface area contributed by atoms with Crippen LogP contribution < -0.4 is 25.4 Å². The molecule has 11 rings (SSSR count). The summed E-state index contributed by atoms with van der Waals surface area (Å²) >= 11 is 0. The molecule has 5 nitrogen and oxygen atoms in total. The molecule has 51 heavy (non-hydrogen) atoms. The normalized spacial score (nSPS) is 22.4. The third kappa shape index (κ3) is 3.46. The number of para-hydroxylation sites is 2. The second-order valence-corrected chi connectivity index (χ2v) is 18.9. The molecule has 0 saturated carbocycles. The average molecular weight is 669 g/mol. The van der Waals surface area contributed by atoms with Gasteiger partial charge in [-0.25, -0.2) is 0 Å². The Kier molecular flexibility index (Phi) is 5.34. The zero-order valence-corrected chi connectivity index (χ0v) is 31.6. The standard InChI is InChI=1S/C44H45B2N3O2/c1-24-15-13-16-25(2)35(24)47-27-18-12-11-17-26(27)32-29(47)21-30-34-36(32)51-40-38(42(5,6)23-44(40,9)10)46(34)49-45-33-28(48(30)49)19-14-20-31(33)50-39-37(45)41(3,4)22-43(39,7)8/h11-21H,22-23H2,1-10H3. The summed E-state index contributed by atoms with van der Waals surface area (Å²) in [7, 11) is 0.